The zero-order valence-corrected chi connectivity index (χ0v) is 12.7. The minimum absolute atomic E-state index is 0.326. The summed E-state index contributed by atoms with van der Waals surface area (Å²) in [5, 5.41) is 7.72. The summed E-state index contributed by atoms with van der Waals surface area (Å²) >= 11 is 0. The van der Waals surface area contributed by atoms with Crippen LogP contribution in [-0.2, 0) is 0 Å². The standard InChI is InChI=1S/C17H18FN3O/c1-3-4-8-22-16-9-13(14-10-19-21-11(14)2)12-6-5-7-15(18)17(12)20-16/h5-7,9-10H,3-4,8H2,1-2H3,(H,19,21). The summed E-state index contributed by atoms with van der Waals surface area (Å²) in [4.78, 5) is 4.32. The van der Waals surface area contributed by atoms with Crippen LogP contribution in [0.5, 0.6) is 5.88 Å². The van der Waals surface area contributed by atoms with Crippen LogP contribution in [-0.4, -0.2) is 21.8 Å². The molecule has 3 rings (SSSR count). The van der Waals surface area contributed by atoms with E-state index < -0.39 is 0 Å². The second-order valence-corrected chi connectivity index (χ2v) is 5.25. The number of hydrogen-bond acceptors (Lipinski definition) is 3. The molecule has 1 aromatic carbocycles. The Morgan fingerprint density at radius 2 is 2.14 bits per heavy atom. The monoisotopic (exact) mass is 299 g/mol. The van der Waals surface area contributed by atoms with Crippen LogP contribution in [0.15, 0.2) is 30.5 Å². The van der Waals surface area contributed by atoms with Gasteiger partial charge >= 0.3 is 0 Å². The quantitative estimate of drug-likeness (QED) is 0.716. The Hall–Kier alpha value is -2.43. The third kappa shape index (κ3) is 2.66. The average Bonchev–Trinajstić information content (AvgIpc) is 2.94. The maximum Gasteiger partial charge on any atom is 0.214 e. The van der Waals surface area contributed by atoms with E-state index in [4.69, 9.17) is 4.74 Å². The molecule has 5 heteroatoms. The molecule has 0 atom stereocenters. The van der Waals surface area contributed by atoms with E-state index in [1.165, 1.54) is 6.07 Å². The minimum Gasteiger partial charge on any atom is -0.478 e. The molecule has 0 fully saturated rings. The summed E-state index contributed by atoms with van der Waals surface area (Å²) in [6.45, 7) is 4.61. The Kier molecular flexibility index (Phi) is 4.04. The Bertz CT molecular complexity index is 798. The molecule has 0 amide bonds. The van der Waals surface area contributed by atoms with Gasteiger partial charge in [0, 0.05) is 22.7 Å². The van der Waals surface area contributed by atoms with Gasteiger partial charge < -0.3 is 4.74 Å². The van der Waals surface area contributed by atoms with Gasteiger partial charge in [-0.2, -0.15) is 5.10 Å². The summed E-state index contributed by atoms with van der Waals surface area (Å²) in [5.41, 5.74) is 3.06. The number of aromatic amines is 1. The van der Waals surface area contributed by atoms with Gasteiger partial charge in [-0.05, 0) is 25.0 Å². The second-order valence-electron chi connectivity index (χ2n) is 5.25. The van der Waals surface area contributed by atoms with Crippen molar-refractivity contribution < 1.29 is 9.13 Å². The minimum atomic E-state index is -0.346. The van der Waals surface area contributed by atoms with Crippen molar-refractivity contribution in [2.45, 2.75) is 26.7 Å². The molecule has 0 radical (unpaired) electrons. The Labute approximate surface area is 128 Å². The van der Waals surface area contributed by atoms with E-state index in [1.54, 1.807) is 12.3 Å². The largest absolute Gasteiger partial charge is 0.478 e. The molecule has 3 aromatic rings. The van der Waals surface area contributed by atoms with Crippen molar-refractivity contribution in [3.05, 3.63) is 42.0 Å². The molecular formula is C17H18FN3O. The van der Waals surface area contributed by atoms with Crippen LogP contribution in [0, 0.1) is 12.7 Å². The van der Waals surface area contributed by atoms with Crippen LogP contribution in [0.4, 0.5) is 4.39 Å². The highest BCUT2D eigenvalue weighted by atomic mass is 19.1. The molecule has 0 saturated carbocycles. The van der Waals surface area contributed by atoms with Gasteiger partial charge in [0.1, 0.15) is 11.3 Å². The number of rotatable bonds is 5. The fourth-order valence-corrected chi connectivity index (χ4v) is 2.43. The van der Waals surface area contributed by atoms with Crippen molar-refractivity contribution >= 4 is 10.9 Å². The van der Waals surface area contributed by atoms with Crippen LogP contribution < -0.4 is 4.74 Å². The lowest BCUT2D eigenvalue weighted by atomic mass is 10.0. The molecule has 4 nitrogen and oxygen atoms in total. The Morgan fingerprint density at radius 1 is 1.27 bits per heavy atom. The number of H-pyrrole nitrogens is 1. The van der Waals surface area contributed by atoms with E-state index >= 15 is 0 Å². The summed E-state index contributed by atoms with van der Waals surface area (Å²) in [7, 11) is 0. The van der Waals surface area contributed by atoms with Gasteiger partial charge in [0.05, 0.1) is 12.8 Å². The van der Waals surface area contributed by atoms with E-state index in [2.05, 4.69) is 22.1 Å². The normalized spacial score (nSPS) is 11.0. The van der Waals surface area contributed by atoms with Gasteiger partial charge in [-0.3, -0.25) is 5.10 Å². The van der Waals surface area contributed by atoms with Gasteiger partial charge in [-0.1, -0.05) is 25.5 Å². The van der Waals surface area contributed by atoms with E-state index in [0.717, 1.165) is 35.0 Å². The van der Waals surface area contributed by atoms with Crippen LogP contribution in [0.25, 0.3) is 22.0 Å². The third-order valence-electron chi connectivity index (χ3n) is 3.63. The van der Waals surface area contributed by atoms with E-state index in [9.17, 15) is 4.39 Å². The highest BCUT2D eigenvalue weighted by Crippen LogP contribution is 2.33. The number of halogens is 1. The second kappa shape index (κ2) is 6.13. The maximum atomic E-state index is 14.1. The Balaban J connectivity index is 2.16. The molecular weight excluding hydrogens is 281 g/mol. The number of hydrogen-bond donors (Lipinski definition) is 1. The molecule has 0 saturated heterocycles. The number of benzene rings is 1. The third-order valence-corrected chi connectivity index (χ3v) is 3.63. The van der Waals surface area contributed by atoms with Gasteiger partial charge in [0.15, 0.2) is 0 Å². The molecule has 0 aliphatic carbocycles. The summed E-state index contributed by atoms with van der Waals surface area (Å²) < 4.78 is 19.8. The first-order valence-corrected chi connectivity index (χ1v) is 7.43. The zero-order valence-electron chi connectivity index (χ0n) is 12.7. The molecule has 1 N–H and O–H groups in total. The van der Waals surface area contributed by atoms with E-state index in [0.29, 0.717) is 18.0 Å². The molecule has 2 heterocycles. The van der Waals surface area contributed by atoms with Crippen LogP contribution in [0.1, 0.15) is 25.5 Å². The van der Waals surface area contributed by atoms with Crippen LogP contribution >= 0.6 is 0 Å². The molecule has 2 aromatic heterocycles. The predicted molar refractivity (Wildman–Crippen MR) is 84.4 cm³/mol. The summed E-state index contributed by atoms with van der Waals surface area (Å²) in [5.74, 6) is 0.0995. The number of nitrogens with zero attached hydrogens (tertiary/aromatic N) is 2. The van der Waals surface area contributed by atoms with Crippen molar-refractivity contribution in [2.24, 2.45) is 0 Å². The summed E-state index contributed by atoms with van der Waals surface area (Å²) in [6, 6.07) is 6.82. The number of fused-ring (bicyclic) bond motifs is 1. The first kappa shape index (κ1) is 14.5. The van der Waals surface area contributed by atoms with Crippen LogP contribution in [0.2, 0.25) is 0 Å². The molecule has 0 bridgehead atoms. The number of unbranched alkanes of at least 4 members (excludes halogenated alkanes) is 1. The fourth-order valence-electron chi connectivity index (χ4n) is 2.43. The van der Waals surface area contributed by atoms with Gasteiger partial charge in [-0.15, -0.1) is 0 Å². The molecule has 0 aliphatic heterocycles. The number of pyridine rings is 1. The molecule has 114 valence electrons. The lowest BCUT2D eigenvalue weighted by molar-refractivity contribution is 0.299. The number of para-hydroxylation sites is 1. The predicted octanol–water partition coefficient (Wildman–Crippen LogP) is 4.25. The number of aryl methyl sites for hydroxylation is 1. The molecule has 0 unspecified atom stereocenters. The SMILES string of the molecule is CCCCOc1cc(-c2cn[nH]c2C)c2cccc(F)c2n1. The average molecular weight is 299 g/mol. The van der Waals surface area contributed by atoms with Crippen molar-refractivity contribution in [1.82, 2.24) is 15.2 Å². The van der Waals surface area contributed by atoms with Gasteiger partial charge in [-0.25, -0.2) is 9.37 Å². The molecule has 22 heavy (non-hydrogen) atoms. The fraction of sp³-hybridized carbons (Fsp3) is 0.294. The first-order valence-electron chi connectivity index (χ1n) is 7.43. The Morgan fingerprint density at radius 3 is 2.86 bits per heavy atom. The van der Waals surface area contributed by atoms with Gasteiger partial charge in [0.2, 0.25) is 5.88 Å². The first-order chi connectivity index (χ1) is 10.7. The highest BCUT2D eigenvalue weighted by molar-refractivity contribution is 5.95. The molecule has 0 aliphatic rings. The zero-order chi connectivity index (χ0) is 15.5. The lowest BCUT2D eigenvalue weighted by Gasteiger charge is -2.11. The van der Waals surface area contributed by atoms with Gasteiger partial charge in [0.25, 0.3) is 0 Å². The molecule has 0 spiro atoms. The number of nitrogens with one attached hydrogen (secondary N) is 1. The number of ether oxygens (including phenoxy) is 1. The van der Waals surface area contributed by atoms with Crippen LogP contribution in [0.3, 0.4) is 0 Å². The smallest absolute Gasteiger partial charge is 0.214 e. The maximum absolute atomic E-state index is 14.1. The van der Waals surface area contributed by atoms with Crippen molar-refractivity contribution in [1.29, 1.82) is 0 Å². The van der Waals surface area contributed by atoms with Crippen molar-refractivity contribution in [2.75, 3.05) is 6.61 Å². The van der Waals surface area contributed by atoms with E-state index in [1.807, 2.05) is 19.1 Å². The van der Waals surface area contributed by atoms with Crippen molar-refractivity contribution in [3.8, 4) is 17.0 Å². The van der Waals surface area contributed by atoms with E-state index in [-0.39, 0.29) is 5.82 Å². The lowest BCUT2D eigenvalue weighted by Crippen LogP contribution is -2.00. The summed E-state index contributed by atoms with van der Waals surface area (Å²) in [6.07, 6.45) is 3.72. The highest BCUT2D eigenvalue weighted by Gasteiger charge is 2.14. The number of aromatic nitrogens is 3. The van der Waals surface area contributed by atoms with Crippen molar-refractivity contribution in [3.63, 3.8) is 0 Å². The topological polar surface area (TPSA) is 50.8 Å².